The Morgan fingerprint density at radius 2 is 0.903 bits per heavy atom. The monoisotopic (exact) mass is 789 g/mol. The van der Waals surface area contributed by atoms with Gasteiger partial charge in [-0.05, 0) is 66.2 Å². The molecule has 0 spiro atoms. The van der Waals surface area contributed by atoms with Gasteiger partial charge in [-0.25, -0.2) is 0 Å². The van der Waals surface area contributed by atoms with Crippen molar-refractivity contribution in [3.63, 3.8) is 0 Å². The number of hydrogen-bond donors (Lipinski definition) is 0. The van der Waals surface area contributed by atoms with E-state index in [1.165, 1.54) is 0 Å². The third-order valence-electron chi connectivity index (χ3n) is 12.7. The van der Waals surface area contributed by atoms with Crippen LogP contribution in [0.4, 0.5) is 0 Å². The summed E-state index contributed by atoms with van der Waals surface area (Å²) in [7, 11) is 0. The fraction of sp³-hybridized carbons (Fsp3) is 0. The maximum absolute atomic E-state index is 11.3. The predicted octanol–water partition coefficient (Wildman–Crippen LogP) is 14.3. The summed E-state index contributed by atoms with van der Waals surface area (Å²) in [5.41, 5.74) is 12.5. The molecule has 0 aliphatic heterocycles. The van der Waals surface area contributed by atoms with Crippen molar-refractivity contribution in [1.82, 2.24) is 13.7 Å². The van der Waals surface area contributed by atoms with Crippen molar-refractivity contribution in [1.29, 1.82) is 10.5 Å². The molecule has 4 aromatic heterocycles. The van der Waals surface area contributed by atoms with Crippen molar-refractivity contribution >= 4 is 87.4 Å². The highest BCUT2D eigenvalue weighted by atomic mass is 16.3. The number of hydrogen-bond acceptors (Lipinski definition) is 3. The Morgan fingerprint density at radius 1 is 0.387 bits per heavy atom. The Morgan fingerprint density at radius 3 is 1.60 bits per heavy atom. The van der Waals surface area contributed by atoms with Gasteiger partial charge in [-0.2, -0.15) is 10.5 Å². The zero-order chi connectivity index (χ0) is 41.1. The lowest BCUT2D eigenvalue weighted by Crippen LogP contribution is -2.09. The van der Waals surface area contributed by atoms with Crippen LogP contribution in [0.15, 0.2) is 192 Å². The van der Waals surface area contributed by atoms with Gasteiger partial charge in [-0.1, -0.05) is 127 Å². The second-order valence-electron chi connectivity index (χ2n) is 15.8. The molecule has 6 heteroatoms. The number of para-hydroxylation sites is 5. The smallest absolute Gasteiger partial charge is 0.145 e. The molecule has 13 aromatic rings. The standard InChI is InChI=1S/C56H31N5O/c57-32-35-31-36(33-58)54(61-44-23-11-7-19-38(44)40-27-29-47-51(55(40)61)42-21-8-12-24-45(42)59(47)37-17-5-2-6-18-37)50(34-15-3-1-4-16-34)53(35)60-46-25-13-9-22-43(46)52-48(60)30-28-41-39-20-10-14-26-49(39)62-56(41)52/h1-31H. The van der Waals surface area contributed by atoms with Gasteiger partial charge in [0.15, 0.2) is 0 Å². The molecular formula is C56H31N5O. The molecule has 0 saturated carbocycles. The number of nitrogens with zero attached hydrogens (tertiary/aromatic N) is 5. The van der Waals surface area contributed by atoms with Gasteiger partial charge >= 0.3 is 0 Å². The highest BCUT2D eigenvalue weighted by molar-refractivity contribution is 6.27. The molecule has 0 aliphatic rings. The lowest BCUT2D eigenvalue weighted by atomic mass is 9.93. The van der Waals surface area contributed by atoms with E-state index in [1.807, 2.05) is 48.5 Å². The molecule has 0 saturated heterocycles. The first-order chi connectivity index (χ1) is 30.7. The maximum Gasteiger partial charge on any atom is 0.145 e. The summed E-state index contributed by atoms with van der Waals surface area (Å²) in [6.07, 6.45) is 0. The third kappa shape index (κ3) is 4.50. The van der Waals surface area contributed by atoms with Crippen LogP contribution in [0.5, 0.6) is 0 Å². The van der Waals surface area contributed by atoms with Gasteiger partial charge in [0.05, 0.1) is 61.0 Å². The predicted molar refractivity (Wildman–Crippen MR) is 252 cm³/mol. The summed E-state index contributed by atoms with van der Waals surface area (Å²) < 4.78 is 13.5. The van der Waals surface area contributed by atoms with E-state index in [0.29, 0.717) is 22.5 Å². The zero-order valence-electron chi connectivity index (χ0n) is 33.0. The molecule has 0 unspecified atom stereocenters. The fourth-order valence-electron chi connectivity index (χ4n) is 10.2. The van der Waals surface area contributed by atoms with E-state index >= 15 is 0 Å². The Labute approximate surface area is 354 Å². The Bertz CT molecular complexity index is 4110. The molecule has 9 aromatic carbocycles. The third-order valence-corrected chi connectivity index (χ3v) is 12.7. The van der Waals surface area contributed by atoms with E-state index in [-0.39, 0.29) is 0 Å². The number of aromatic nitrogens is 3. The summed E-state index contributed by atoms with van der Waals surface area (Å²) in [6, 6.07) is 69.9. The Hall–Kier alpha value is -8.84. The molecule has 13 rings (SSSR count). The molecule has 0 fully saturated rings. The average Bonchev–Trinajstić information content (AvgIpc) is 4.07. The van der Waals surface area contributed by atoms with Crippen LogP contribution in [0.2, 0.25) is 0 Å². The van der Waals surface area contributed by atoms with Gasteiger partial charge < -0.3 is 18.1 Å². The van der Waals surface area contributed by atoms with Crippen molar-refractivity contribution in [2.75, 3.05) is 0 Å². The highest BCUT2D eigenvalue weighted by Crippen LogP contribution is 2.48. The summed E-state index contributed by atoms with van der Waals surface area (Å²) in [5, 5.41) is 31.0. The van der Waals surface area contributed by atoms with E-state index in [9.17, 15) is 10.5 Å². The lowest BCUT2D eigenvalue weighted by molar-refractivity contribution is 0.673. The van der Waals surface area contributed by atoms with Gasteiger partial charge in [0.2, 0.25) is 0 Å². The second kappa shape index (κ2) is 12.8. The molecule has 4 heterocycles. The molecule has 6 nitrogen and oxygen atoms in total. The molecule has 0 radical (unpaired) electrons. The quantitative estimate of drug-likeness (QED) is 0.178. The first kappa shape index (κ1) is 34.1. The van der Waals surface area contributed by atoms with Crippen LogP contribution in [-0.2, 0) is 0 Å². The SMILES string of the molecule is N#Cc1cc(C#N)c(-n2c3ccccc3c3ccc4c(c5ccccc5n4-c4ccccc4)c32)c(-c2ccccc2)c1-n1c2ccccc2c2c3oc4ccccc4c3ccc21. The minimum absolute atomic E-state index is 0.392. The number of fused-ring (bicyclic) bond motifs is 14. The van der Waals surface area contributed by atoms with Crippen molar-refractivity contribution in [2.24, 2.45) is 0 Å². The Balaban J connectivity index is 1.26. The topological polar surface area (TPSA) is 75.5 Å². The molecule has 0 atom stereocenters. The van der Waals surface area contributed by atoms with Crippen molar-refractivity contribution in [3.05, 3.63) is 199 Å². The summed E-state index contributed by atoms with van der Waals surface area (Å²) in [6.45, 7) is 0. The molecular weight excluding hydrogens is 759 g/mol. The fourth-order valence-corrected chi connectivity index (χ4v) is 10.2. The largest absolute Gasteiger partial charge is 0.455 e. The molecule has 0 N–H and O–H groups in total. The molecule has 62 heavy (non-hydrogen) atoms. The second-order valence-corrected chi connectivity index (χ2v) is 15.8. The number of benzene rings is 9. The normalized spacial score (nSPS) is 11.8. The van der Waals surface area contributed by atoms with E-state index in [1.54, 1.807) is 6.07 Å². The molecule has 0 amide bonds. The summed E-state index contributed by atoms with van der Waals surface area (Å²) in [5.74, 6) is 0. The van der Waals surface area contributed by atoms with Gasteiger partial charge in [0, 0.05) is 49.0 Å². The number of nitriles is 2. The lowest BCUT2D eigenvalue weighted by Gasteiger charge is -2.23. The van der Waals surface area contributed by atoms with E-state index < -0.39 is 0 Å². The summed E-state index contributed by atoms with van der Waals surface area (Å²) >= 11 is 0. The number of furan rings is 1. The zero-order valence-corrected chi connectivity index (χ0v) is 33.0. The highest BCUT2D eigenvalue weighted by Gasteiger charge is 2.29. The summed E-state index contributed by atoms with van der Waals surface area (Å²) in [4.78, 5) is 0. The average molecular weight is 790 g/mol. The molecule has 286 valence electrons. The van der Waals surface area contributed by atoms with Crippen LogP contribution in [0.3, 0.4) is 0 Å². The van der Waals surface area contributed by atoms with Gasteiger partial charge in [-0.3, -0.25) is 0 Å². The first-order valence-electron chi connectivity index (χ1n) is 20.6. The molecule has 0 bridgehead atoms. The van der Waals surface area contributed by atoms with E-state index in [4.69, 9.17) is 4.42 Å². The van der Waals surface area contributed by atoms with Crippen LogP contribution in [-0.4, -0.2) is 13.7 Å². The van der Waals surface area contributed by atoms with Gasteiger partial charge in [-0.15, -0.1) is 0 Å². The van der Waals surface area contributed by atoms with Crippen LogP contribution in [0, 0.1) is 22.7 Å². The van der Waals surface area contributed by atoms with Crippen LogP contribution >= 0.6 is 0 Å². The van der Waals surface area contributed by atoms with Crippen LogP contribution < -0.4 is 0 Å². The van der Waals surface area contributed by atoms with Crippen molar-refractivity contribution in [3.8, 4) is 40.3 Å². The van der Waals surface area contributed by atoms with Crippen LogP contribution in [0.1, 0.15) is 11.1 Å². The first-order valence-corrected chi connectivity index (χ1v) is 20.6. The van der Waals surface area contributed by atoms with E-state index in [0.717, 1.165) is 104 Å². The van der Waals surface area contributed by atoms with E-state index in [2.05, 4.69) is 159 Å². The Kier molecular flexibility index (Phi) is 7.05. The van der Waals surface area contributed by atoms with Crippen LogP contribution in [0.25, 0.3) is 116 Å². The van der Waals surface area contributed by atoms with Gasteiger partial charge in [0.1, 0.15) is 23.3 Å². The molecule has 0 aliphatic carbocycles. The van der Waals surface area contributed by atoms with Gasteiger partial charge in [0.25, 0.3) is 0 Å². The minimum Gasteiger partial charge on any atom is -0.455 e. The number of rotatable bonds is 4. The maximum atomic E-state index is 11.3. The van der Waals surface area contributed by atoms with Crippen molar-refractivity contribution in [2.45, 2.75) is 0 Å². The van der Waals surface area contributed by atoms with Crippen molar-refractivity contribution < 1.29 is 4.42 Å². The minimum atomic E-state index is 0.392.